The molecule has 0 atom stereocenters. The van der Waals surface area contributed by atoms with Gasteiger partial charge in [-0.3, -0.25) is 0 Å². The van der Waals surface area contributed by atoms with Gasteiger partial charge >= 0.3 is 0 Å². The molecule has 0 aliphatic heterocycles. The Morgan fingerprint density at radius 1 is 1.38 bits per heavy atom. The Morgan fingerprint density at radius 3 is 2.75 bits per heavy atom. The van der Waals surface area contributed by atoms with E-state index in [0.29, 0.717) is 0 Å². The number of aryl methyl sites for hydroxylation is 1. The molecule has 0 amide bonds. The molecule has 90 valence electrons. The van der Waals surface area contributed by atoms with Gasteiger partial charge in [0, 0.05) is 19.0 Å². The Morgan fingerprint density at radius 2 is 2.12 bits per heavy atom. The molecule has 0 saturated heterocycles. The maximum atomic E-state index is 4.42. The third kappa shape index (κ3) is 4.92. The molecule has 3 nitrogen and oxygen atoms in total. The van der Waals surface area contributed by atoms with Crippen LogP contribution in [0, 0.1) is 5.92 Å². The van der Waals surface area contributed by atoms with Crippen molar-refractivity contribution in [1.29, 1.82) is 0 Å². The summed E-state index contributed by atoms with van der Waals surface area (Å²) in [5.41, 5.74) is 0. The fourth-order valence-corrected chi connectivity index (χ4v) is 1.86. The number of hydrogen-bond donors (Lipinski definition) is 1. The van der Waals surface area contributed by atoms with Crippen molar-refractivity contribution >= 4 is 21.7 Å². The average Bonchev–Trinajstić information content (AvgIpc) is 2.23. The Labute approximate surface area is 106 Å². The second-order valence-electron chi connectivity index (χ2n) is 4.31. The lowest BCUT2D eigenvalue weighted by Gasteiger charge is -2.08. The smallest absolute Gasteiger partial charge is 0.131 e. The van der Waals surface area contributed by atoms with Gasteiger partial charge in [0.2, 0.25) is 0 Å². The third-order valence-electron chi connectivity index (χ3n) is 2.32. The molecule has 0 aliphatic carbocycles. The normalized spacial score (nSPS) is 10.8. The monoisotopic (exact) mass is 285 g/mol. The molecule has 1 aromatic rings. The van der Waals surface area contributed by atoms with Gasteiger partial charge in [-0.25, -0.2) is 9.97 Å². The largest absolute Gasteiger partial charge is 0.370 e. The highest BCUT2D eigenvalue weighted by molar-refractivity contribution is 9.10. The van der Waals surface area contributed by atoms with Crippen molar-refractivity contribution < 1.29 is 0 Å². The fourth-order valence-electron chi connectivity index (χ4n) is 1.44. The van der Waals surface area contributed by atoms with E-state index in [1.165, 1.54) is 12.8 Å². The van der Waals surface area contributed by atoms with Crippen LogP contribution in [-0.4, -0.2) is 16.5 Å². The first-order valence-electron chi connectivity index (χ1n) is 5.89. The minimum Gasteiger partial charge on any atom is -0.370 e. The van der Waals surface area contributed by atoms with Gasteiger partial charge in [-0.05, 0) is 34.7 Å². The molecule has 16 heavy (non-hydrogen) atoms. The van der Waals surface area contributed by atoms with E-state index >= 15 is 0 Å². The predicted octanol–water partition coefficient (Wildman–Crippen LogP) is 3.65. The summed E-state index contributed by atoms with van der Waals surface area (Å²) < 4.78 is 0.853. The van der Waals surface area contributed by atoms with Crippen molar-refractivity contribution in [2.45, 2.75) is 40.0 Å². The van der Waals surface area contributed by atoms with Crippen LogP contribution in [0.4, 0.5) is 5.82 Å². The van der Waals surface area contributed by atoms with Crippen LogP contribution in [0.3, 0.4) is 0 Å². The van der Waals surface area contributed by atoms with Crippen LogP contribution in [0.15, 0.2) is 10.7 Å². The molecule has 4 heteroatoms. The number of rotatable bonds is 6. The first-order chi connectivity index (χ1) is 7.61. The van der Waals surface area contributed by atoms with E-state index in [-0.39, 0.29) is 0 Å². The van der Waals surface area contributed by atoms with Gasteiger partial charge in [0.15, 0.2) is 0 Å². The highest BCUT2D eigenvalue weighted by atomic mass is 79.9. The van der Waals surface area contributed by atoms with Crippen LogP contribution in [0.25, 0.3) is 0 Å². The predicted molar refractivity (Wildman–Crippen MR) is 71.7 cm³/mol. The highest BCUT2D eigenvalue weighted by Crippen LogP contribution is 2.13. The molecule has 0 spiro atoms. The summed E-state index contributed by atoms with van der Waals surface area (Å²) in [7, 11) is 0. The zero-order valence-electron chi connectivity index (χ0n) is 10.3. The standard InChI is InChI=1S/C12H20BrN3/c1-4-11-15-10(13)8-12(16-11)14-7-5-6-9(2)3/h8-9H,4-7H2,1-3H3,(H,14,15,16). The zero-order valence-corrected chi connectivity index (χ0v) is 11.8. The van der Waals surface area contributed by atoms with E-state index in [9.17, 15) is 0 Å². The molecule has 1 rings (SSSR count). The molecule has 1 aromatic heterocycles. The van der Waals surface area contributed by atoms with E-state index in [1.54, 1.807) is 0 Å². The molecular weight excluding hydrogens is 266 g/mol. The first-order valence-corrected chi connectivity index (χ1v) is 6.68. The number of aromatic nitrogens is 2. The topological polar surface area (TPSA) is 37.8 Å². The van der Waals surface area contributed by atoms with Crippen molar-refractivity contribution in [2.75, 3.05) is 11.9 Å². The lowest BCUT2D eigenvalue weighted by molar-refractivity contribution is 0.566. The molecule has 0 aromatic carbocycles. The van der Waals surface area contributed by atoms with Gasteiger partial charge in [-0.1, -0.05) is 20.8 Å². The van der Waals surface area contributed by atoms with Crippen LogP contribution < -0.4 is 5.32 Å². The number of nitrogens with one attached hydrogen (secondary N) is 1. The van der Waals surface area contributed by atoms with Crippen LogP contribution in [0.5, 0.6) is 0 Å². The number of hydrogen-bond acceptors (Lipinski definition) is 3. The number of anilines is 1. The lowest BCUT2D eigenvalue weighted by atomic mass is 10.1. The maximum Gasteiger partial charge on any atom is 0.131 e. The van der Waals surface area contributed by atoms with Gasteiger partial charge in [0.05, 0.1) is 0 Å². The first kappa shape index (κ1) is 13.4. The van der Waals surface area contributed by atoms with E-state index in [2.05, 4.69) is 52.0 Å². The Bertz CT molecular complexity index is 326. The maximum absolute atomic E-state index is 4.42. The van der Waals surface area contributed by atoms with Gasteiger partial charge in [-0.15, -0.1) is 0 Å². The van der Waals surface area contributed by atoms with Crippen LogP contribution in [-0.2, 0) is 6.42 Å². The van der Waals surface area contributed by atoms with Crippen LogP contribution in [0.1, 0.15) is 39.4 Å². The summed E-state index contributed by atoms with van der Waals surface area (Å²) in [5.74, 6) is 2.56. The minimum absolute atomic E-state index is 0.769. The lowest BCUT2D eigenvalue weighted by Crippen LogP contribution is -2.06. The average molecular weight is 286 g/mol. The van der Waals surface area contributed by atoms with Gasteiger partial charge in [-0.2, -0.15) is 0 Å². The molecule has 0 fully saturated rings. The fraction of sp³-hybridized carbons (Fsp3) is 0.667. The molecule has 0 unspecified atom stereocenters. The summed E-state index contributed by atoms with van der Waals surface area (Å²) in [6.45, 7) is 7.53. The van der Waals surface area contributed by atoms with Crippen molar-refractivity contribution in [3.05, 3.63) is 16.5 Å². The Balaban J connectivity index is 2.44. The molecular formula is C12H20BrN3. The minimum atomic E-state index is 0.769. The van der Waals surface area contributed by atoms with Crippen molar-refractivity contribution in [2.24, 2.45) is 5.92 Å². The van der Waals surface area contributed by atoms with Crippen molar-refractivity contribution in [1.82, 2.24) is 9.97 Å². The van der Waals surface area contributed by atoms with E-state index < -0.39 is 0 Å². The highest BCUT2D eigenvalue weighted by Gasteiger charge is 2.01. The molecule has 0 aliphatic rings. The Hall–Kier alpha value is -0.640. The summed E-state index contributed by atoms with van der Waals surface area (Å²) in [5, 5.41) is 3.33. The third-order valence-corrected chi connectivity index (χ3v) is 2.73. The second-order valence-corrected chi connectivity index (χ2v) is 5.12. The van der Waals surface area contributed by atoms with Crippen LogP contribution >= 0.6 is 15.9 Å². The molecule has 1 heterocycles. The Kier molecular flexibility index (Phi) is 5.74. The zero-order chi connectivity index (χ0) is 12.0. The van der Waals surface area contributed by atoms with Gasteiger partial charge < -0.3 is 5.32 Å². The summed E-state index contributed by atoms with van der Waals surface area (Å²) in [4.78, 5) is 8.69. The van der Waals surface area contributed by atoms with Gasteiger partial charge in [0.1, 0.15) is 16.2 Å². The molecule has 0 radical (unpaired) electrons. The SMILES string of the molecule is CCc1nc(Br)cc(NCCCC(C)C)n1. The van der Waals surface area contributed by atoms with Crippen LogP contribution in [0.2, 0.25) is 0 Å². The summed E-state index contributed by atoms with van der Waals surface area (Å²) in [6, 6.07) is 1.93. The molecule has 0 bridgehead atoms. The van der Waals surface area contributed by atoms with Gasteiger partial charge in [0.25, 0.3) is 0 Å². The molecule has 1 N–H and O–H groups in total. The second kappa shape index (κ2) is 6.84. The summed E-state index contributed by atoms with van der Waals surface area (Å²) >= 11 is 3.39. The van der Waals surface area contributed by atoms with Crippen molar-refractivity contribution in [3.63, 3.8) is 0 Å². The van der Waals surface area contributed by atoms with E-state index in [0.717, 1.165) is 35.1 Å². The van der Waals surface area contributed by atoms with E-state index in [4.69, 9.17) is 0 Å². The number of halogens is 1. The molecule has 0 saturated carbocycles. The quantitative estimate of drug-likeness (QED) is 0.640. The summed E-state index contributed by atoms with van der Waals surface area (Å²) in [6.07, 6.45) is 3.29. The van der Waals surface area contributed by atoms with Crippen molar-refractivity contribution in [3.8, 4) is 0 Å². The van der Waals surface area contributed by atoms with E-state index in [1.807, 2.05) is 6.07 Å². The number of nitrogens with zero attached hydrogens (tertiary/aromatic N) is 2.